The zero-order chi connectivity index (χ0) is 26.8. The number of hydrogen-bond acceptors (Lipinski definition) is 6. The maximum Gasteiger partial charge on any atom is 0.336 e. The molecule has 3 aliphatic heterocycles. The fourth-order valence-corrected chi connectivity index (χ4v) is 5.53. The molecule has 2 aromatic carbocycles. The zero-order valence-corrected chi connectivity index (χ0v) is 20.6. The Morgan fingerprint density at radius 1 is 0.921 bits per heavy atom. The van der Waals surface area contributed by atoms with Crippen molar-refractivity contribution in [3.8, 4) is 5.75 Å². The van der Waals surface area contributed by atoms with Crippen LogP contribution in [0.2, 0.25) is 0 Å². The van der Waals surface area contributed by atoms with Crippen LogP contribution in [-0.2, 0) is 9.59 Å². The predicted molar refractivity (Wildman–Crippen MR) is 138 cm³/mol. The van der Waals surface area contributed by atoms with Crippen molar-refractivity contribution in [1.82, 2.24) is 4.90 Å². The van der Waals surface area contributed by atoms with Gasteiger partial charge in [-0.15, -0.1) is 0 Å². The van der Waals surface area contributed by atoms with E-state index < -0.39 is 35.3 Å². The Balaban J connectivity index is 1.44. The molecule has 0 radical (unpaired) electrons. The molecule has 0 saturated carbocycles. The summed E-state index contributed by atoms with van der Waals surface area (Å²) in [6.07, 6.45) is 5.90. The number of nitrogens with zero attached hydrogens (tertiary/aromatic N) is 2. The Labute approximate surface area is 218 Å². The number of rotatable bonds is 6. The van der Waals surface area contributed by atoms with Crippen molar-refractivity contribution in [3.63, 3.8) is 0 Å². The molecule has 4 aliphatic rings. The first kappa shape index (κ1) is 24.0. The molecule has 194 valence electrons. The standard InChI is InChI=1S/C29H26N2O7/c1-29(31-14-17(15-31)27(34)35)9-8-22-24(11-29)38-23-10-18(30-12-16(13-30)26(32)33)6-7-21(23)25(22)19-4-2-3-5-20(19)28(36)37/h2-11,16-17H,12-15H2,1H3,(H,32,33)(H,34,35)(H,36,37). The van der Waals surface area contributed by atoms with Crippen LogP contribution in [0.3, 0.4) is 0 Å². The molecular weight excluding hydrogens is 488 g/mol. The number of ether oxygens (including phenoxy) is 1. The summed E-state index contributed by atoms with van der Waals surface area (Å²) in [5.41, 5.74) is 3.23. The third-order valence-electron chi connectivity index (χ3n) is 7.93. The molecule has 3 N–H and O–H groups in total. The van der Waals surface area contributed by atoms with Crippen LogP contribution >= 0.6 is 0 Å². The minimum absolute atomic E-state index is 0.173. The average molecular weight is 515 g/mol. The lowest BCUT2D eigenvalue weighted by Gasteiger charge is -2.48. The third-order valence-corrected chi connectivity index (χ3v) is 7.93. The van der Waals surface area contributed by atoms with Gasteiger partial charge >= 0.3 is 17.9 Å². The first-order valence-electron chi connectivity index (χ1n) is 12.4. The highest BCUT2D eigenvalue weighted by Gasteiger charge is 2.43. The summed E-state index contributed by atoms with van der Waals surface area (Å²) in [5.74, 6) is -2.35. The minimum atomic E-state index is -1.03. The quantitative estimate of drug-likeness (QED) is 0.532. The van der Waals surface area contributed by atoms with Crippen molar-refractivity contribution < 1.29 is 34.4 Å². The third kappa shape index (κ3) is 3.78. The van der Waals surface area contributed by atoms with Crippen molar-refractivity contribution in [2.24, 2.45) is 11.8 Å². The topological polar surface area (TPSA) is 128 Å². The van der Waals surface area contributed by atoms with Crippen LogP contribution in [0.5, 0.6) is 5.75 Å². The second kappa shape index (κ2) is 8.59. The minimum Gasteiger partial charge on any atom is -0.481 e. The van der Waals surface area contributed by atoms with Crippen LogP contribution in [0.4, 0.5) is 5.69 Å². The van der Waals surface area contributed by atoms with E-state index in [1.165, 1.54) is 0 Å². The summed E-state index contributed by atoms with van der Waals surface area (Å²) in [6.45, 7) is 3.67. The van der Waals surface area contributed by atoms with Gasteiger partial charge in [0.25, 0.3) is 0 Å². The summed E-state index contributed by atoms with van der Waals surface area (Å²) in [4.78, 5) is 38.8. The number of benzene rings is 2. The van der Waals surface area contributed by atoms with E-state index in [4.69, 9.17) is 4.74 Å². The summed E-state index contributed by atoms with van der Waals surface area (Å²) in [5, 5.41) is 28.5. The van der Waals surface area contributed by atoms with E-state index in [0.29, 0.717) is 43.3 Å². The van der Waals surface area contributed by atoms with Gasteiger partial charge in [0.05, 0.1) is 22.9 Å². The smallest absolute Gasteiger partial charge is 0.336 e. The maximum absolute atomic E-state index is 12.1. The molecule has 0 aromatic heterocycles. The Hall–Kier alpha value is -4.37. The van der Waals surface area contributed by atoms with Crippen LogP contribution in [0.25, 0.3) is 5.57 Å². The van der Waals surface area contributed by atoms with Gasteiger partial charge in [0, 0.05) is 54.6 Å². The summed E-state index contributed by atoms with van der Waals surface area (Å²) in [6, 6.07) is 12.5. The number of anilines is 1. The fraction of sp³-hybridized carbons (Fsp3) is 0.276. The van der Waals surface area contributed by atoms with Gasteiger partial charge in [0.2, 0.25) is 0 Å². The zero-order valence-electron chi connectivity index (χ0n) is 20.6. The molecule has 0 bridgehead atoms. The van der Waals surface area contributed by atoms with Gasteiger partial charge in [-0.05, 0) is 36.8 Å². The van der Waals surface area contributed by atoms with Gasteiger partial charge in [0.15, 0.2) is 0 Å². The number of carbonyl (C=O) groups is 3. The van der Waals surface area contributed by atoms with Crippen molar-refractivity contribution in [2.45, 2.75) is 12.5 Å². The van der Waals surface area contributed by atoms with Gasteiger partial charge in [-0.1, -0.05) is 30.4 Å². The Morgan fingerprint density at radius 3 is 2.29 bits per heavy atom. The second-order valence-electron chi connectivity index (χ2n) is 10.4. The van der Waals surface area contributed by atoms with Crippen molar-refractivity contribution in [3.05, 3.63) is 88.7 Å². The molecule has 6 rings (SSSR count). The Morgan fingerprint density at radius 2 is 1.61 bits per heavy atom. The molecule has 3 heterocycles. The summed E-state index contributed by atoms with van der Waals surface area (Å²) >= 11 is 0. The Bertz CT molecular complexity index is 1480. The van der Waals surface area contributed by atoms with Crippen LogP contribution in [0.15, 0.2) is 72.0 Å². The average Bonchev–Trinajstić information content (AvgIpc) is 2.79. The van der Waals surface area contributed by atoms with E-state index >= 15 is 0 Å². The Kier molecular flexibility index (Phi) is 5.43. The highest BCUT2D eigenvalue weighted by Crippen LogP contribution is 2.47. The lowest BCUT2D eigenvalue weighted by atomic mass is 9.80. The van der Waals surface area contributed by atoms with Gasteiger partial charge in [-0.2, -0.15) is 0 Å². The predicted octanol–water partition coefficient (Wildman–Crippen LogP) is 3.33. The van der Waals surface area contributed by atoms with Crippen molar-refractivity contribution >= 4 is 29.2 Å². The van der Waals surface area contributed by atoms with E-state index in [1.54, 1.807) is 24.3 Å². The van der Waals surface area contributed by atoms with E-state index in [9.17, 15) is 29.7 Å². The molecular formula is C29H26N2O7. The lowest BCUT2D eigenvalue weighted by molar-refractivity contribution is -0.149. The second-order valence-corrected chi connectivity index (χ2v) is 10.4. The number of aliphatic carboxylic acids is 2. The van der Waals surface area contributed by atoms with Gasteiger partial charge in [-0.25, -0.2) is 4.79 Å². The molecule has 2 aromatic rings. The van der Waals surface area contributed by atoms with Crippen LogP contribution in [-0.4, -0.2) is 69.8 Å². The summed E-state index contributed by atoms with van der Waals surface area (Å²) in [7, 11) is 0. The summed E-state index contributed by atoms with van der Waals surface area (Å²) < 4.78 is 6.43. The number of fused-ring (bicyclic) bond motifs is 2. The fourth-order valence-electron chi connectivity index (χ4n) is 5.53. The number of hydrogen-bond donors (Lipinski definition) is 3. The molecule has 1 aliphatic carbocycles. The maximum atomic E-state index is 12.1. The van der Waals surface area contributed by atoms with Gasteiger partial charge < -0.3 is 25.0 Å². The highest BCUT2D eigenvalue weighted by molar-refractivity contribution is 6.00. The monoisotopic (exact) mass is 514 g/mol. The first-order valence-corrected chi connectivity index (χ1v) is 12.4. The van der Waals surface area contributed by atoms with E-state index in [1.807, 2.05) is 48.3 Å². The first-order chi connectivity index (χ1) is 18.1. The number of carboxylic acid groups (broad SMARTS) is 3. The van der Waals surface area contributed by atoms with Gasteiger partial charge in [0.1, 0.15) is 11.5 Å². The molecule has 0 spiro atoms. The molecule has 38 heavy (non-hydrogen) atoms. The van der Waals surface area contributed by atoms with Crippen LogP contribution < -0.4 is 9.64 Å². The van der Waals surface area contributed by atoms with Crippen molar-refractivity contribution in [1.29, 1.82) is 0 Å². The number of allylic oxidation sites excluding steroid dienone is 1. The molecule has 9 nitrogen and oxygen atoms in total. The lowest BCUT2D eigenvalue weighted by Crippen LogP contribution is -2.59. The molecule has 2 saturated heterocycles. The number of likely N-dealkylation sites (tertiary alicyclic amines) is 1. The van der Waals surface area contributed by atoms with E-state index in [0.717, 1.165) is 22.4 Å². The molecule has 1 atom stereocenters. The molecule has 1 unspecified atom stereocenters. The molecule has 0 amide bonds. The SMILES string of the molecule is CC1(N2CC(C(=O)O)C2)C=CC2=C(c3ccccc3C(=O)O)c3ccc(N4CC(C(=O)O)C4)cc3OC2=C1. The van der Waals surface area contributed by atoms with Crippen LogP contribution in [0, 0.1) is 11.8 Å². The highest BCUT2D eigenvalue weighted by atomic mass is 16.5. The normalized spacial score (nSPS) is 23.0. The number of aromatic carboxylic acids is 1. The number of carboxylic acids is 3. The van der Waals surface area contributed by atoms with Crippen molar-refractivity contribution in [2.75, 3.05) is 31.1 Å². The van der Waals surface area contributed by atoms with Crippen LogP contribution in [0.1, 0.15) is 28.4 Å². The molecule has 2 fully saturated rings. The molecule has 9 heteroatoms. The largest absolute Gasteiger partial charge is 0.481 e. The van der Waals surface area contributed by atoms with Gasteiger partial charge in [-0.3, -0.25) is 14.5 Å². The van der Waals surface area contributed by atoms with E-state index in [-0.39, 0.29) is 5.56 Å². The van der Waals surface area contributed by atoms with E-state index in [2.05, 4.69) is 4.90 Å².